The average molecular weight is 204 g/mol. The van der Waals surface area contributed by atoms with Crippen LogP contribution in [0.2, 0.25) is 0 Å². The van der Waals surface area contributed by atoms with Gasteiger partial charge in [-0.15, -0.1) is 0 Å². The molecule has 0 aromatic heterocycles. The highest BCUT2D eigenvalue weighted by Crippen LogP contribution is 2.17. The molecule has 0 fully saturated rings. The van der Waals surface area contributed by atoms with Gasteiger partial charge in [0.25, 0.3) is 0 Å². The largest absolute Gasteiger partial charge is 0.465 e. The van der Waals surface area contributed by atoms with Crippen molar-refractivity contribution in [1.29, 1.82) is 0 Å². The highest BCUT2D eigenvalue weighted by Gasteiger charge is 2.29. The number of unbranched alkanes of at least 4 members (excludes halogenated alkanes) is 2. The second kappa shape index (κ2) is 6.79. The number of ether oxygens (including phenoxy) is 1. The fourth-order valence-electron chi connectivity index (χ4n) is 0.933. The van der Waals surface area contributed by atoms with Gasteiger partial charge in [-0.05, 0) is 20.3 Å². The Morgan fingerprint density at radius 3 is 2.50 bits per heavy atom. The van der Waals surface area contributed by atoms with Gasteiger partial charge in [-0.1, -0.05) is 19.8 Å². The van der Waals surface area contributed by atoms with Crippen LogP contribution in [0.25, 0.3) is 0 Å². The first-order valence-electron chi connectivity index (χ1n) is 4.98. The molecule has 0 bridgehead atoms. The quantitative estimate of drug-likeness (QED) is 0.299. The summed E-state index contributed by atoms with van der Waals surface area (Å²) in [5.41, 5.74) is -0.777. The van der Waals surface area contributed by atoms with Crippen LogP contribution < -0.4 is 0 Å². The maximum atomic E-state index is 11.4. The number of hydrogen-bond donors (Lipinski definition) is 1. The third-order valence-corrected chi connectivity index (χ3v) is 1.96. The summed E-state index contributed by atoms with van der Waals surface area (Å²) in [5, 5.41) is 8.25. The Kier molecular flexibility index (Phi) is 6.49. The van der Waals surface area contributed by atoms with Crippen molar-refractivity contribution in [2.45, 2.75) is 40.0 Å². The van der Waals surface area contributed by atoms with E-state index in [1.807, 2.05) is 0 Å². The zero-order valence-electron chi connectivity index (χ0n) is 9.21. The van der Waals surface area contributed by atoms with E-state index in [0.717, 1.165) is 19.3 Å². The van der Waals surface area contributed by atoms with Gasteiger partial charge in [0.05, 0.1) is 18.6 Å². The van der Waals surface area contributed by atoms with Crippen LogP contribution >= 0.6 is 0 Å². The van der Waals surface area contributed by atoms with Crippen LogP contribution in [0.5, 0.6) is 0 Å². The smallest absolute Gasteiger partial charge is 0.313 e. The molecular weight excluding hydrogens is 184 g/mol. The van der Waals surface area contributed by atoms with E-state index in [1.165, 1.54) is 0 Å². The van der Waals surface area contributed by atoms with Gasteiger partial charge in [0, 0.05) is 0 Å². The molecule has 0 aromatic rings. The maximum absolute atomic E-state index is 11.4. The zero-order chi connectivity index (χ0) is 11.0. The topological polar surface area (TPSA) is 55.8 Å². The van der Waals surface area contributed by atoms with Crippen molar-refractivity contribution in [2.75, 3.05) is 13.2 Å². The minimum atomic E-state index is -0.777. The Morgan fingerprint density at radius 1 is 1.36 bits per heavy atom. The Bertz CT molecular complexity index is 166. The molecule has 1 N–H and O–H groups in total. The van der Waals surface area contributed by atoms with Gasteiger partial charge in [-0.3, -0.25) is 10.1 Å². The van der Waals surface area contributed by atoms with Gasteiger partial charge in [-0.2, -0.15) is 0 Å². The third-order valence-electron chi connectivity index (χ3n) is 1.96. The zero-order valence-corrected chi connectivity index (χ0v) is 9.21. The minimum Gasteiger partial charge on any atom is -0.465 e. The van der Waals surface area contributed by atoms with E-state index >= 15 is 0 Å². The monoisotopic (exact) mass is 204 g/mol. The summed E-state index contributed by atoms with van der Waals surface area (Å²) in [4.78, 5) is 15.4. The lowest BCUT2D eigenvalue weighted by molar-refractivity contribution is -0.260. The van der Waals surface area contributed by atoms with Crippen LogP contribution in [-0.2, 0) is 14.4 Å². The maximum Gasteiger partial charge on any atom is 0.313 e. The van der Waals surface area contributed by atoms with E-state index in [4.69, 9.17) is 9.99 Å². The van der Waals surface area contributed by atoms with E-state index in [-0.39, 0.29) is 12.6 Å². The lowest BCUT2D eigenvalue weighted by Gasteiger charge is -2.20. The Balaban J connectivity index is 3.71. The Labute approximate surface area is 85.1 Å². The summed E-state index contributed by atoms with van der Waals surface area (Å²) >= 11 is 0. The van der Waals surface area contributed by atoms with Crippen LogP contribution in [0.4, 0.5) is 0 Å². The summed E-state index contributed by atoms with van der Waals surface area (Å²) in [7, 11) is 0. The normalized spacial score (nSPS) is 11.4. The first kappa shape index (κ1) is 13.4. The van der Waals surface area contributed by atoms with Crippen molar-refractivity contribution in [3.8, 4) is 0 Å². The molecule has 0 amide bonds. The van der Waals surface area contributed by atoms with Gasteiger partial charge in [0.1, 0.15) is 0 Å². The summed E-state index contributed by atoms with van der Waals surface area (Å²) in [6.07, 6.45) is 3.04. The van der Waals surface area contributed by atoms with Gasteiger partial charge in [0.2, 0.25) is 0 Å². The molecule has 0 saturated carbocycles. The van der Waals surface area contributed by atoms with Crippen molar-refractivity contribution < 1.29 is 19.7 Å². The van der Waals surface area contributed by atoms with E-state index in [9.17, 15) is 4.79 Å². The highest BCUT2D eigenvalue weighted by molar-refractivity contribution is 5.76. The van der Waals surface area contributed by atoms with Gasteiger partial charge in [-0.25, -0.2) is 4.89 Å². The second-order valence-electron chi connectivity index (χ2n) is 4.00. The van der Waals surface area contributed by atoms with Crippen LogP contribution in [0, 0.1) is 5.41 Å². The lowest BCUT2D eigenvalue weighted by atomic mass is 9.95. The SMILES string of the molecule is CCCCCOC(=O)C(C)(C)COO. The molecule has 4 heteroatoms. The first-order valence-corrected chi connectivity index (χ1v) is 4.98. The molecule has 0 saturated heterocycles. The predicted molar refractivity (Wildman–Crippen MR) is 52.8 cm³/mol. The summed E-state index contributed by atoms with van der Waals surface area (Å²) in [5.74, 6) is -0.331. The van der Waals surface area contributed by atoms with Gasteiger partial charge >= 0.3 is 5.97 Å². The number of hydrogen-bond acceptors (Lipinski definition) is 4. The molecular formula is C10H20O4. The lowest BCUT2D eigenvalue weighted by Crippen LogP contribution is -2.31. The predicted octanol–water partition coefficient (Wildman–Crippen LogP) is 2.24. The van der Waals surface area contributed by atoms with Gasteiger partial charge < -0.3 is 4.74 Å². The molecule has 0 unspecified atom stereocenters. The molecule has 84 valence electrons. The van der Waals surface area contributed by atoms with Crippen LogP contribution in [0.15, 0.2) is 0 Å². The van der Waals surface area contributed by atoms with Crippen molar-refractivity contribution in [2.24, 2.45) is 5.41 Å². The van der Waals surface area contributed by atoms with Crippen LogP contribution in [0.1, 0.15) is 40.0 Å². The first-order chi connectivity index (χ1) is 6.54. The van der Waals surface area contributed by atoms with Gasteiger partial charge in [0.15, 0.2) is 0 Å². The second-order valence-corrected chi connectivity index (χ2v) is 4.00. The third kappa shape index (κ3) is 5.19. The molecule has 0 atom stereocenters. The number of carbonyl (C=O) groups excluding carboxylic acids is 1. The van der Waals surface area contributed by atoms with Crippen LogP contribution in [-0.4, -0.2) is 24.4 Å². The molecule has 0 rings (SSSR count). The van der Waals surface area contributed by atoms with E-state index < -0.39 is 5.41 Å². The summed E-state index contributed by atoms with van der Waals surface area (Å²) in [6, 6.07) is 0. The standard InChI is InChI=1S/C10H20O4/c1-4-5-6-7-13-9(11)10(2,3)8-14-12/h12H,4-8H2,1-3H3. The Morgan fingerprint density at radius 2 is 2.00 bits per heavy atom. The Hall–Kier alpha value is -0.610. The van der Waals surface area contributed by atoms with Crippen molar-refractivity contribution in [3.63, 3.8) is 0 Å². The molecule has 0 radical (unpaired) electrons. The number of carbonyl (C=O) groups is 1. The molecule has 0 heterocycles. The molecule has 0 aliphatic carbocycles. The molecule has 0 aliphatic rings. The molecule has 0 aromatic carbocycles. The average Bonchev–Trinajstić information content (AvgIpc) is 2.12. The summed E-state index contributed by atoms with van der Waals surface area (Å²) < 4.78 is 5.03. The van der Waals surface area contributed by atoms with E-state index in [2.05, 4.69) is 11.8 Å². The van der Waals surface area contributed by atoms with E-state index in [0.29, 0.717) is 6.61 Å². The highest BCUT2D eigenvalue weighted by atomic mass is 17.1. The molecule has 0 aliphatic heterocycles. The fraction of sp³-hybridized carbons (Fsp3) is 0.900. The van der Waals surface area contributed by atoms with Crippen molar-refractivity contribution in [3.05, 3.63) is 0 Å². The molecule has 0 spiro atoms. The number of rotatable bonds is 7. The minimum absolute atomic E-state index is 0.0421. The van der Waals surface area contributed by atoms with Crippen molar-refractivity contribution in [1.82, 2.24) is 0 Å². The molecule has 4 nitrogen and oxygen atoms in total. The summed E-state index contributed by atoms with van der Waals surface area (Å²) in [6.45, 7) is 5.84. The molecule has 14 heavy (non-hydrogen) atoms. The number of esters is 1. The van der Waals surface area contributed by atoms with E-state index in [1.54, 1.807) is 13.8 Å². The van der Waals surface area contributed by atoms with Crippen molar-refractivity contribution >= 4 is 5.97 Å². The van der Waals surface area contributed by atoms with Crippen LogP contribution in [0.3, 0.4) is 0 Å². The fourth-order valence-corrected chi connectivity index (χ4v) is 0.933.